The molecule has 132 valence electrons. The monoisotopic (exact) mass is 349 g/mol. The van der Waals surface area contributed by atoms with Crippen LogP contribution in [0.15, 0.2) is 60.7 Å². The van der Waals surface area contributed by atoms with Crippen molar-refractivity contribution in [2.45, 2.75) is 6.42 Å². The molecule has 0 saturated heterocycles. The van der Waals surface area contributed by atoms with Gasteiger partial charge >= 0.3 is 6.03 Å². The zero-order valence-corrected chi connectivity index (χ0v) is 14.3. The summed E-state index contributed by atoms with van der Waals surface area (Å²) in [4.78, 5) is 14.4. The summed E-state index contributed by atoms with van der Waals surface area (Å²) >= 11 is 0. The Labute approximate surface area is 151 Å². The number of benzene rings is 3. The highest BCUT2D eigenvalue weighted by Crippen LogP contribution is 2.28. The molecular weight excluding hydrogens is 329 g/mol. The van der Waals surface area contributed by atoms with Crippen molar-refractivity contribution in [2.75, 3.05) is 29.9 Å². The summed E-state index contributed by atoms with van der Waals surface area (Å²) in [5.41, 5.74) is 2.88. The minimum Gasteiger partial charge on any atom is -0.369 e. The number of nitrogens with zero attached hydrogens (tertiary/aromatic N) is 1. The van der Waals surface area contributed by atoms with Crippen LogP contribution < -0.4 is 15.5 Å². The van der Waals surface area contributed by atoms with Gasteiger partial charge in [0.15, 0.2) is 0 Å². The molecule has 3 aromatic carbocycles. The Hall–Kier alpha value is -3.08. The van der Waals surface area contributed by atoms with Crippen molar-refractivity contribution in [2.24, 2.45) is 0 Å². The Bertz CT molecular complexity index is 952. The summed E-state index contributed by atoms with van der Waals surface area (Å²) in [6.07, 6.45) is 0.843. The van der Waals surface area contributed by atoms with Crippen molar-refractivity contribution in [3.63, 3.8) is 0 Å². The molecule has 0 spiro atoms. The van der Waals surface area contributed by atoms with Crippen LogP contribution in [0.4, 0.5) is 20.6 Å². The first kappa shape index (κ1) is 16.4. The van der Waals surface area contributed by atoms with Gasteiger partial charge in [-0.25, -0.2) is 9.18 Å². The Kier molecular flexibility index (Phi) is 4.44. The number of carbonyl (C=O) groups is 1. The molecule has 1 aliphatic rings. The van der Waals surface area contributed by atoms with Crippen LogP contribution in [0.1, 0.15) is 5.56 Å². The van der Waals surface area contributed by atoms with E-state index in [2.05, 4.69) is 15.5 Å². The number of hydrogen-bond acceptors (Lipinski definition) is 2. The van der Waals surface area contributed by atoms with Gasteiger partial charge in [0, 0.05) is 30.7 Å². The van der Waals surface area contributed by atoms with E-state index in [0.717, 1.165) is 40.7 Å². The number of carbonyl (C=O) groups excluding carboxylic acids is 1. The SMILES string of the molecule is O=C(NCCN1CCc2cc(F)ccc21)Nc1cccc2ccccc12. The molecule has 0 aliphatic carbocycles. The lowest BCUT2D eigenvalue weighted by Crippen LogP contribution is -2.36. The fraction of sp³-hybridized carbons (Fsp3) is 0.190. The second-order valence-electron chi connectivity index (χ2n) is 6.42. The van der Waals surface area contributed by atoms with Crippen LogP contribution in [-0.2, 0) is 6.42 Å². The highest BCUT2D eigenvalue weighted by atomic mass is 19.1. The predicted molar refractivity (Wildman–Crippen MR) is 103 cm³/mol. The van der Waals surface area contributed by atoms with Gasteiger partial charge in [0.1, 0.15) is 5.82 Å². The maximum absolute atomic E-state index is 13.3. The van der Waals surface area contributed by atoms with E-state index in [0.29, 0.717) is 13.1 Å². The second-order valence-corrected chi connectivity index (χ2v) is 6.42. The summed E-state index contributed by atoms with van der Waals surface area (Å²) in [6.45, 7) is 2.07. The van der Waals surface area contributed by atoms with Crippen LogP contribution >= 0.6 is 0 Å². The second kappa shape index (κ2) is 7.04. The van der Waals surface area contributed by atoms with E-state index >= 15 is 0 Å². The molecule has 0 aromatic heterocycles. The van der Waals surface area contributed by atoms with Crippen molar-refractivity contribution >= 4 is 28.2 Å². The molecule has 4 nitrogen and oxygen atoms in total. The topological polar surface area (TPSA) is 44.4 Å². The Morgan fingerprint density at radius 1 is 1.08 bits per heavy atom. The van der Waals surface area contributed by atoms with Crippen molar-refractivity contribution in [3.05, 3.63) is 72.0 Å². The molecule has 0 atom stereocenters. The molecule has 26 heavy (non-hydrogen) atoms. The van der Waals surface area contributed by atoms with Crippen LogP contribution in [0.3, 0.4) is 0 Å². The first-order chi connectivity index (χ1) is 12.7. The summed E-state index contributed by atoms with van der Waals surface area (Å²) in [5, 5.41) is 7.92. The minimum absolute atomic E-state index is 0.196. The van der Waals surface area contributed by atoms with Gasteiger partial charge in [0.2, 0.25) is 0 Å². The fourth-order valence-electron chi connectivity index (χ4n) is 3.48. The van der Waals surface area contributed by atoms with Gasteiger partial charge in [-0.2, -0.15) is 0 Å². The number of hydrogen-bond donors (Lipinski definition) is 2. The van der Waals surface area contributed by atoms with Crippen molar-refractivity contribution in [3.8, 4) is 0 Å². The molecule has 4 rings (SSSR count). The molecule has 2 amide bonds. The van der Waals surface area contributed by atoms with E-state index < -0.39 is 0 Å². The van der Waals surface area contributed by atoms with Crippen LogP contribution in [0.2, 0.25) is 0 Å². The zero-order chi connectivity index (χ0) is 17.9. The highest BCUT2D eigenvalue weighted by Gasteiger charge is 2.19. The van der Waals surface area contributed by atoms with Gasteiger partial charge in [-0.15, -0.1) is 0 Å². The maximum Gasteiger partial charge on any atom is 0.319 e. The standard InChI is InChI=1S/C21H20FN3O/c22-17-8-9-20-16(14-17)10-12-25(20)13-11-23-21(26)24-19-7-3-5-15-4-1-2-6-18(15)19/h1-9,14H,10-13H2,(H2,23,24,26). The van der Waals surface area contributed by atoms with Crippen LogP contribution in [0, 0.1) is 5.82 Å². The molecule has 2 N–H and O–H groups in total. The van der Waals surface area contributed by atoms with Gasteiger partial charge in [0.05, 0.1) is 5.69 Å². The van der Waals surface area contributed by atoms with Gasteiger partial charge in [-0.1, -0.05) is 36.4 Å². The molecule has 0 unspecified atom stereocenters. The number of halogens is 1. The molecule has 1 heterocycles. The van der Waals surface area contributed by atoms with Gasteiger partial charge < -0.3 is 15.5 Å². The van der Waals surface area contributed by atoms with E-state index in [1.807, 2.05) is 48.5 Å². The van der Waals surface area contributed by atoms with Gasteiger partial charge in [-0.3, -0.25) is 0 Å². The third-order valence-electron chi connectivity index (χ3n) is 4.74. The first-order valence-corrected chi connectivity index (χ1v) is 8.77. The third kappa shape index (κ3) is 3.33. The number of amides is 2. The number of rotatable bonds is 4. The molecule has 0 bridgehead atoms. The lowest BCUT2D eigenvalue weighted by molar-refractivity contribution is 0.252. The number of urea groups is 1. The average molecular weight is 349 g/mol. The molecule has 0 fully saturated rings. The van der Waals surface area contributed by atoms with Crippen LogP contribution in [0.25, 0.3) is 10.8 Å². The van der Waals surface area contributed by atoms with Gasteiger partial charge in [-0.05, 0) is 41.6 Å². The molecule has 1 aliphatic heterocycles. The molecule has 3 aromatic rings. The fourth-order valence-corrected chi connectivity index (χ4v) is 3.48. The van der Waals surface area contributed by atoms with E-state index in [-0.39, 0.29) is 11.8 Å². The number of nitrogens with one attached hydrogen (secondary N) is 2. The lowest BCUT2D eigenvalue weighted by Gasteiger charge is -2.19. The third-order valence-corrected chi connectivity index (χ3v) is 4.74. The summed E-state index contributed by atoms with van der Waals surface area (Å²) in [6, 6.07) is 18.5. The number of fused-ring (bicyclic) bond motifs is 2. The van der Waals surface area contributed by atoms with E-state index in [9.17, 15) is 9.18 Å². The molecule has 0 saturated carbocycles. The number of anilines is 2. The Morgan fingerprint density at radius 3 is 2.85 bits per heavy atom. The van der Waals surface area contributed by atoms with E-state index in [4.69, 9.17) is 0 Å². The van der Waals surface area contributed by atoms with Crippen molar-refractivity contribution < 1.29 is 9.18 Å². The van der Waals surface area contributed by atoms with Gasteiger partial charge in [0.25, 0.3) is 0 Å². The van der Waals surface area contributed by atoms with Crippen LogP contribution in [-0.4, -0.2) is 25.7 Å². The zero-order valence-electron chi connectivity index (χ0n) is 14.3. The predicted octanol–water partition coefficient (Wildman–Crippen LogP) is 4.16. The van der Waals surface area contributed by atoms with E-state index in [1.54, 1.807) is 6.07 Å². The largest absolute Gasteiger partial charge is 0.369 e. The minimum atomic E-state index is -0.222. The first-order valence-electron chi connectivity index (χ1n) is 8.77. The highest BCUT2D eigenvalue weighted by molar-refractivity contribution is 6.01. The maximum atomic E-state index is 13.3. The molecular formula is C21H20FN3O. The average Bonchev–Trinajstić information content (AvgIpc) is 3.04. The molecule has 5 heteroatoms. The Balaban J connectivity index is 1.34. The van der Waals surface area contributed by atoms with Crippen molar-refractivity contribution in [1.29, 1.82) is 0 Å². The molecule has 0 radical (unpaired) electrons. The van der Waals surface area contributed by atoms with E-state index in [1.165, 1.54) is 6.07 Å². The summed E-state index contributed by atoms with van der Waals surface area (Å²) in [5.74, 6) is -0.196. The summed E-state index contributed by atoms with van der Waals surface area (Å²) < 4.78 is 13.3. The van der Waals surface area contributed by atoms with Crippen LogP contribution in [0.5, 0.6) is 0 Å². The van der Waals surface area contributed by atoms with Crippen molar-refractivity contribution in [1.82, 2.24) is 5.32 Å². The smallest absolute Gasteiger partial charge is 0.319 e. The Morgan fingerprint density at radius 2 is 1.92 bits per heavy atom. The quantitative estimate of drug-likeness (QED) is 0.743. The summed E-state index contributed by atoms with van der Waals surface area (Å²) in [7, 11) is 0. The lowest BCUT2D eigenvalue weighted by atomic mass is 10.1. The normalized spacial score (nSPS) is 12.9.